The predicted molar refractivity (Wildman–Crippen MR) is 75.9 cm³/mol. The number of hydrogen-bond donors (Lipinski definition) is 1. The Labute approximate surface area is 116 Å². The lowest BCUT2D eigenvalue weighted by Crippen LogP contribution is -2.50. The first-order valence-electron chi connectivity index (χ1n) is 7.76. The van der Waals surface area contributed by atoms with Crippen LogP contribution in [-0.4, -0.2) is 58.6 Å². The Balaban J connectivity index is 1.83. The van der Waals surface area contributed by atoms with E-state index in [9.17, 15) is 9.90 Å². The molecular weight excluding hydrogens is 240 g/mol. The Kier molecular flexibility index (Phi) is 4.85. The van der Waals surface area contributed by atoms with E-state index in [0.717, 1.165) is 51.7 Å². The minimum absolute atomic E-state index is 0.285. The summed E-state index contributed by atoms with van der Waals surface area (Å²) in [7, 11) is 0. The van der Waals surface area contributed by atoms with Gasteiger partial charge < -0.3 is 10.0 Å². The zero-order valence-corrected chi connectivity index (χ0v) is 12.4. The van der Waals surface area contributed by atoms with Crippen LogP contribution in [0.25, 0.3) is 0 Å². The van der Waals surface area contributed by atoms with E-state index in [4.69, 9.17) is 0 Å². The van der Waals surface area contributed by atoms with E-state index in [1.54, 1.807) is 0 Å². The van der Waals surface area contributed by atoms with Crippen LogP contribution in [0.1, 0.15) is 52.4 Å². The van der Waals surface area contributed by atoms with Crippen LogP contribution in [0.15, 0.2) is 0 Å². The molecule has 2 rings (SSSR count). The molecule has 4 nitrogen and oxygen atoms in total. The summed E-state index contributed by atoms with van der Waals surface area (Å²) in [5.74, 6) is 0.285. The molecule has 4 heteroatoms. The van der Waals surface area contributed by atoms with Gasteiger partial charge in [-0.2, -0.15) is 0 Å². The fourth-order valence-electron chi connectivity index (χ4n) is 3.23. The third kappa shape index (κ3) is 3.93. The van der Waals surface area contributed by atoms with Gasteiger partial charge in [-0.05, 0) is 45.4 Å². The Morgan fingerprint density at radius 2 is 1.95 bits per heavy atom. The molecule has 0 aromatic carbocycles. The van der Waals surface area contributed by atoms with Crippen molar-refractivity contribution in [1.82, 2.24) is 9.80 Å². The number of piperidine rings is 2. The third-order valence-corrected chi connectivity index (χ3v) is 4.71. The lowest BCUT2D eigenvalue weighted by atomic mass is 9.94. The number of amides is 1. The van der Waals surface area contributed by atoms with Crippen LogP contribution < -0.4 is 0 Å². The lowest BCUT2D eigenvalue weighted by molar-refractivity contribution is -0.137. The largest absolute Gasteiger partial charge is 0.390 e. The van der Waals surface area contributed by atoms with Gasteiger partial charge in [0.2, 0.25) is 5.91 Å². The molecule has 1 amide bonds. The molecule has 1 N–H and O–H groups in total. The van der Waals surface area contributed by atoms with Crippen molar-refractivity contribution in [1.29, 1.82) is 0 Å². The van der Waals surface area contributed by atoms with Gasteiger partial charge >= 0.3 is 0 Å². The van der Waals surface area contributed by atoms with Crippen LogP contribution >= 0.6 is 0 Å². The van der Waals surface area contributed by atoms with Crippen LogP contribution in [0.3, 0.4) is 0 Å². The van der Waals surface area contributed by atoms with E-state index in [1.165, 1.54) is 6.42 Å². The van der Waals surface area contributed by atoms with Crippen molar-refractivity contribution in [3.8, 4) is 0 Å². The fraction of sp³-hybridized carbons (Fsp3) is 0.933. The number of aliphatic hydroxyl groups is 1. The monoisotopic (exact) mass is 268 g/mol. The van der Waals surface area contributed by atoms with Crippen LogP contribution in [0.2, 0.25) is 0 Å². The molecule has 2 aliphatic rings. The minimum atomic E-state index is -0.531. The van der Waals surface area contributed by atoms with E-state index in [0.29, 0.717) is 12.6 Å². The minimum Gasteiger partial charge on any atom is -0.390 e. The number of likely N-dealkylation sites (tertiary alicyclic amines) is 2. The van der Waals surface area contributed by atoms with E-state index in [1.807, 2.05) is 6.92 Å². The maximum atomic E-state index is 12.4. The first-order valence-corrected chi connectivity index (χ1v) is 7.76. The average Bonchev–Trinajstić information content (AvgIpc) is 2.41. The van der Waals surface area contributed by atoms with Gasteiger partial charge in [0.1, 0.15) is 0 Å². The second-order valence-corrected chi connectivity index (χ2v) is 6.42. The van der Waals surface area contributed by atoms with Gasteiger partial charge in [-0.1, -0.05) is 6.92 Å². The number of hydrogen-bond acceptors (Lipinski definition) is 3. The van der Waals surface area contributed by atoms with Gasteiger partial charge in [0.05, 0.1) is 12.1 Å². The standard InChI is InChI=1S/C15H28N2O2/c1-3-13-6-4-5-9-17(13)14(18)12-16-10-7-15(2,19)8-11-16/h13,19H,3-12H2,1-2H3. The summed E-state index contributed by atoms with van der Waals surface area (Å²) in [6, 6.07) is 0.453. The lowest BCUT2D eigenvalue weighted by Gasteiger charge is -2.39. The highest BCUT2D eigenvalue weighted by Gasteiger charge is 2.30. The quantitative estimate of drug-likeness (QED) is 0.846. The number of carbonyl (C=O) groups excluding carboxylic acids is 1. The van der Waals surface area contributed by atoms with Crippen molar-refractivity contribution >= 4 is 5.91 Å². The Morgan fingerprint density at radius 3 is 2.58 bits per heavy atom. The third-order valence-electron chi connectivity index (χ3n) is 4.71. The van der Waals surface area contributed by atoms with Gasteiger partial charge in [0, 0.05) is 25.7 Å². The zero-order chi connectivity index (χ0) is 13.9. The Morgan fingerprint density at radius 1 is 1.26 bits per heavy atom. The number of carbonyl (C=O) groups is 1. The highest BCUT2D eigenvalue weighted by atomic mass is 16.3. The Hall–Kier alpha value is -0.610. The summed E-state index contributed by atoms with van der Waals surface area (Å²) in [4.78, 5) is 16.7. The molecule has 0 radical (unpaired) electrons. The molecule has 0 bridgehead atoms. The topological polar surface area (TPSA) is 43.8 Å². The molecule has 0 spiro atoms. The highest BCUT2D eigenvalue weighted by molar-refractivity contribution is 5.78. The van der Waals surface area contributed by atoms with Gasteiger partial charge in [0.25, 0.3) is 0 Å². The van der Waals surface area contributed by atoms with Crippen molar-refractivity contribution in [3.05, 3.63) is 0 Å². The first-order chi connectivity index (χ1) is 9.02. The van der Waals surface area contributed by atoms with E-state index in [2.05, 4.69) is 16.7 Å². The zero-order valence-electron chi connectivity index (χ0n) is 12.4. The second kappa shape index (κ2) is 6.23. The average molecular weight is 268 g/mol. The molecule has 2 aliphatic heterocycles. The summed E-state index contributed by atoms with van der Waals surface area (Å²) in [6.45, 7) is 7.21. The van der Waals surface area contributed by atoms with E-state index in [-0.39, 0.29) is 5.91 Å². The summed E-state index contributed by atoms with van der Waals surface area (Å²) in [5.41, 5.74) is -0.531. The molecule has 2 heterocycles. The van der Waals surface area contributed by atoms with Gasteiger partial charge in [0.15, 0.2) is 0 Å². The normalized spacial score (nSPS) is 28.4. The summed E-state index contributed by atoms with van der Waals surface area (Å²) >= 11 is 0. The van der Waals surface area contributed by atoms with Crippen LogP contribution in [0, 0.1) is 0 Å². The molecular formula is C15H28N2O2. The molecule has 19 heavy (non-hydrogen) atoms. The second-order valence-electron chi connectivity index (χ2n) is 6.42. The van der Waals surface area contributed by atoms with Gasteiger partial charge in [-0.3, -0.25) is 9.69 Å². The van der Waals surface area contributed by atoms with Crippen molar-refractivity contribution < 1.29 is 9.90 Å². The molecule has 110 valence electrons. The van der Waals surface area contributed by atoms with E-state index >= 15 is 0 Å². The summed E-state index contributed by atoms with van der Waals surface area (Å²) in [5, 5.41) is 9.93. The Bertz CT molecular complexity index is 307. The highest BCUT2D eigenvalue weighted by Crippen LogP contribution is 2.23. The van der Waals surface area contributed by atoms with Crippen molar-refractivity contribution in [2.45, 2.75) is 64.0 Å². The molecule has 0 aromatic heterocycles. The van der Waals surface area contributed by atoms with Gasteiger partial charge in [-0.15, -0.1) is 0 Å². The molecule has 0 aromatic rings. The number of nitrogens with zero attached hydrogens (tertiary/aromatic N) is 2. The van der Waals surface area contributed by atoms with E-state index < -0.39 is 5.60 Å². The van der Waals surface area contributed by atoms with Crippen molar-refractivity contribution in [3.63, 3.8) is 0 Å². The molecule has 1 atom stereocenters. The number of rotatable bonds is 3. The maximum Gasteiger partial charge on any atom is 0.236 e. The molecule has 2 saturated heterocycles. The van der Waals surface area contributed by atoms with Crippen molar-refractivity contribution in [2.24, 2.45) is 0 Å². The fourth-order valence-corrected chi connectivity index (χ4v) is 3.23. The van der Waals surface area contributed by atoms with Gasteiger partial charge in [-0.25, -0.2) is 0 Å². The van der Waals surface area contributed by atoms with Crippen molar-refractivity contribution in [2.75, 3.05) is 26.2 Å². The molecule has 0 saturated carbocycles. The summed E-state index contributed by atoms with van der Waals surface area (Å²) in [6.07, 6.45) is 6.19. The molecule has 0 aliphatic carbocycles. The van der Waals surface area contributed by atoms with Crippen LogP contribution in [0.4, 0.5) is 0 Å². The summed E-state index contributed by atoms with van der Waals surface area (Å²) < 4.78 is 0. The first kappa shape index (κ1) is 14.8. The van der Waals surface area contributed by atoms with Crippen LogP contribution in [0.5, 0.6) is 0 Å². The SMILES string of the molecule is CCC1CCCCN1C(=O)CN1CCC(C)(O)CC1. The predicted octanol–water partition coefficient (Wildman–Crippen LogP) is 1.62. The molecule has 2 fully saturated rings. The maximum absolute atomic E-state index is 12.4. The van der Waals surface area contributed by atoms with Crippen LogP contribution in [-0.2, 0) is 4.79 Å². The molecule has 1 unspecified atom stereocenters. The smallest absolute Gasteiger partial charge is 0.236 e.